The molecule has 0 aromatic heterocycles. The number of carbonyl (C=O) groups is 2. The van der Waals surface area contributed by atoms with E-state index >= 15 is 0 Å². The molecular formula is C14H19NO5S. The fraction of sp³-hybridized carbons (Fsp3) is 0.429. The van der Waals surface area contributed by atoms with Crippen LogP contribution in [0, 0.1) is 0 Å². The van der Waals surface area contributed by atoms with Gasteiger partial charge in [0.25, 0.3) is 0 Å². The molecule has 0 saturated carbocycles. The molecule has 0 aliphatic rings. The summed E-state index contributed by atoms with van der Waals surface area (Å²) in [5.74, 6) is -0.651. The number of aliphatic hydroxyl groups excluding tert-OH is 1. The minimum absolute atomic E-state index is 0.00517. The monoisotopic (exact) mass is 313 g/mol. The van der Waals surface area contributed by atoms with Gasteiger partial charge in [0.2, 0.25) is 5.91 Å². The molecule has 6 nitrogen and oxygen atoms in total. The van der Waals surface area contributed by atoms with Crippen molar-refractivity contribution in [2.75, 3.05) is 19.0 Å². The summed E-state index contributed by atoms with van der Waals surface area (Å²) in [5.41, 5.74) is 0. The summed E-state index contributed by atoms with van der Waals surface area (Å²) in [7, 11) is 0. The SMILES string of the molecule is CCOc1ccc(SCC(=O)N[C@@H](CCO)C(=O)O)cc1. The van der Waals surface area contributed by atoms with Crippen LogP contribution in [-0.4, -0.2) is 47.1 Å². The molecule has 1 aromatic rings. The quantitative estimate of drug-likeness (QED) is 0.592. The topological polar surface area (TPSA) is 95.9 Å². The van der Waals surface area contributed by atoms with Crippen molar-refractivity contribution in [3.63, 3.8) is 0 Å². The van der Waals surface area contributed by atoms with E-state index in [1.807, 2.05) is 31.2 Å². The smallest absolute Gasteiger partial charge is 0.326 e. The van der Waals surface area contributed by atoms with Crippen LogP contribution in [0.4, 0.5) is 0 Å². The molecule has 21 heavy (non-hydrogen) atoms. The number of aliphatic hydroxyl groups is 1. The van der Waals surface area contributed by atoms with E-state index in [9.17, 15) is 9.59 Å². The lowest BCUT2D eigenvalue weighted by Crippen LogP contribution is -2.42. The summed E-state index contributed by atoms with van der Waals surface area (Å²) in [6, 6.07) is 6.25. The predicted molar refractivity (Wildman–Crippen MR) is 79.6 cm³/mol. The normalized spacial score (nSPS) is 11.7. The number of nitrogens with one attached hydrogen (secondary N) is 1. The van der Waals surface area contributed by atoms with Gasteiger partial charge in [0.15, 0.2) is 0 Å². The van der Waals surface area contributed by atoms with Crippen LogP contribution in [0.15, 0.2) is 29.2 Å². The third-order valence-electron chi connectivity index (χ3n) is 2.56. The summed E-state index contributed by atoms with van der Waals surface area (Å²) in [6.45, 7) is 2.21. The van der Waals surface area contributed by atoms with Gasteiger partial charge in [-0.25, -0.2) is 4.79 Å². The first-order valence-electron chi connectivity index (χ1n) is 6.55. The van der Waals surface area contributed by atoms with E-state index < -0.39 is 12.0 Å². The van der Waals surface area contributed by atoms with Crippen molar-refractivity contribution < 1.29 is 24.5 Å². The number of thioether (sulfide) groups is 1. The Morgan fingerprint density at radius 3 is 2.52 bits per heavy atom. The van der Waals surface area contributed by atoms with Crippen LogP contribution in [0.1, 0.15) is 13.3 Å². The van der Waals surface area contributed by atoms with Crippen LogP contribution in [0.3, 0.4) is 0 Å². The minimum atomic E-state index is -1.15. The molecule has 1 rings (SSSR count). The van der Waals surface area contributed by atoms with Crippen LogP contribution in [-0.2, 0) is 9.59 Å². The standard InChI is InChI=1S/C14H19NO5S/c1-2-20-10-3-5-11(6-4-10)21-9-13(17)15-12(7-8-16)14(18)19/h3-6,12,16H,2,7-9H2,1H3,(H,15,17)(H,18,19)/t12-/m0/s1. The predicted octanol–water partition coefficient (Wildman–Crippen LogP) is 1.13. The van der Waals surface area contributed by atoms with E-state index in [0.717, 1.165) is 10.6 Å². The fourth-order valence-corrected chi connectivity index (χ4v) is 2.28. The Bertz CT molecular complexity index is 463. The summed E-state index contributed by atoms with van der Waals surface area (Å²) >= 11 is 1.30. The molecule has 1 amide bonds. The molecule has 0 radical (unpaired) electrons. The maximum absolute atomic E-state index is 11.7. The second kappa shape index (κ2) is 9.25. The van der Waals surface area contributed by atoms with Crippen molar-refractivity contribution in [3.8, 4) is 5.75 Å². The molecular weight excluding hydrogens is 294 g/mol. The number of hydrogen-bond donors (Lipinski definition) is 3. The highest BCUT2D eigenvalue weighted by Crippen LogP contribution is 2.21. The Kier molecular flexibility index (Phi) is 7.63. The number of carboxylic acid groups (broad SMARTS) is 1. The van der Waals surface area contributed by atoms with E-state index in [0.29, 0.717) is 6.61 Å². The maximum Gasteiger partial charge on any atom is 0.326 e. The zero-order valence-electron chi connectivity index (χ0n) is 11.7. The van der Waals surface area contributed by atoms with Crippen LogP contribution in [0.5, 0.6) is 5.75 Å². The van der Waals surface area contributed by atoms with Gasteiger partial charge < -0.3 is 20.3 Å². The number of carboxylic acids is 1. The minimum Gasteiger partial charge on any atom is -0.494 e. The van der Waals surface area contributed by atoms with E-state index in [1.165, 1.54) is 11.8 Å². The molecule has 0 saturated heterocycles. The van der Waals surface area contributed by atoms with Crippen LogP contribution >= 0.6 is 11.8 Å². The number of amides is 1. The highest BCUT2D eigenvalue weighted by Gasteiger charge is 2.18. The zero-order chi connectivity index (χ0) is 15.7. The summed E-state index contributed by atoms with van der Waals surface area (Å²) in [6.07, 6.45) is -0.00517. The van der Waals surface area contributed by atoms with E-state index in [1.54, 1.807) is 0 Å². The fourth-order valence-electron chi connectivity index (χ4n) is 1.57. The number of benzene rings is 1. The lowest BCUT2D eigenvalue weighted by atomic mass is 10.2. The molecule has 3 N–H and O–H groups in total. The van der Waals surface area contributed by atoms with Crippen molar-refractivity contribution >= 4 is 23.6 Å². The van der Waals surface area contributed by atoms with Gasteiger partial charge in [-0.1, -0.05) is 0 Å². The average molecular weight is 313 g/mol. The number of aliphatic carboxylic acids is 1. The second-order valence-electron chi connectivity index (χ2n) is 4.16. The van der Waals surface area contributed by atoms with Gasteiger partial charge in [-0.2, -0.15) is 0 Å². The van der Waals surface area contributed by atoms with Crippen molar-refractivity contribution in [3.05, 3.63) is 24.3 Å². The van der Waals surface area contributed by atoms with Gasteiger partial charge in [-0.05, 0) is 31.2 Å². The van der Waals surface area contributed by atoms with E-state index in [2.05, 4.69) is 5.32 Å². The zero-order valence-corrected chi connectivity index (χ0v) is 12.6. The van der Waals surface area contributed by atoms with Gasteiger partial charge in [0, 0.05) is 17.9 Å². The summed E-state index contributed by atoms with van der Waals surface area (Å²) in [4.78, 5) is 23.4. The van der Waals surface area contributed by atoms with Crippen LogP contribution in [0.2, 0.25) is 0 Å². The number of hydrogen-bond acceptors (Lipinski definition) is 5. The highest BCUT2D eigenvalue weighted by atomic mass is 32.2. The van der Waals surface area contributed by atoms with Gasteiger partial charge in [-0.15, -0.1) is 11.8 Å². The Hall–Kier alpha value is -1.73. The Morgan fingerprint density at radius 2 is 2.00 bits per heavy atom. The number of carbonyl (C=O) groups excluding carboxylic acids is 1. The first-order valence-corrected chi connectivity index (χ1v) is 7.54. The molecule has 1 aromatic carbocycles. The lowest BCUT2D eigenvalue weighted by Gasteiger charge is -2.13. The Labute approximate surface area is 127 Å². The van der Waals surface area contributed by atoms with Crippen molar-refractivity contribution in [1.29, 1.82) is 0 Å². The molecule has 1 atom stereocenters. The van der Waals surface area contributed by atoms with Crippen LogP contribution in [0.25, 0.3) is 0 Å². The summed E-state index contributed by atoms with van der Waals surface area (Å²) in [5, 5.41) is 20.0. The molecule has 116 valence electrons. The largest absolute Gasteiger partial charge is 0.494 e. The van der Waals surface area contributed by atoms with Crippen molar-refractivity contribution in [1.82, 2.24) is 5.32 Å². The average Bonchev–Trinajstić information content (AvgIpc) is 2.46. The van der Waals surface area contributed by atoms with Gasteiger partial charge in [0.05, 0.1) is 12.4 Å². The highest BCUT2D eigenvalue weighted by molar-refractivity contribution is 8.00. The molecule has 0 aliphatic heterocycles. The van der Waals surface area contributed by atoms with E-state index in [4.69, 9.17) is 14.9 Å². The van der Waals surface area contributed by atoms with Crippen molar-refractivity contribution in [2.24, 2.45) is 0 Å². The molecule has 0 fully saturated rings. The van der Waals surface area contributed by atoms with E-state index in [-0.39, 0.29) is 24.7 Å². The summed E-state index contributed by atoms with van der Waals surface area (Å²) < 4.78 is 5.31. The molecule has 7 heteroatoms. The lowest BCUT2D eigenvalue weighted by molar-refractivity contribution is -0.141. The third-order valence-corrected chi connectivity index (χ3v) is 3.57. The first kappa shape index (κ1) is 17.3. The third kappa shape index (κ3) is 6.50. The van der Waals surface area contributed by atoms with Gasteiger partial charge in [-0.3, -0.25) is 4.79 Å². The number of rotatable bonds is 9. The van der Waals surface area contributed by atoms with Crippen molar-refractivity contribution in [2.45, 2.75) is 24.3 Å². The second-order valence-corrected chi connectivity index (χ2v) is 5.21. The van der Waals surface area contributed by atoms with Crippen LogP contribution < -0.4 is 10.1 Å². The van der Waals surface area contributed by atoms with Gasteiger partial charge in [0.1, 0.15) is 11.8 Å². The molecule has 0 aliphatic carbocycles. The molecule has 0 spiro atoms. The molecule has 0 unspecified atom stereocenters. The van der Waals surface area contributed by atoms with Gasteiger partial charge >= 0.3 is 5.97 Å². The Morgan fingerprint density at radius 1 is 1.33 bits per heavy atom. The Balaban J connectivity index is 2.43. The molecule has 0 bridgehead atoms. The first-order chi connectivity index (χ1) is 10.1. The number of ether oxygens (including phenoxy) is 1. The molecule has 0 heterocycles. The maximum atomic E-state index is 11.7.